The predicted octanol–water partition coefficient (Wildman–Crippen LogP) is 2.16. The molecule has 0 radical (unpaired) electrons. The van der Waals surface area contributed by atoms with Gasteiger partial charge in [-0.25, -0.2) is 0 Å². The summed E-state index contributed by atoms with van der Waals surface area (Å²) in [5, 5.41) is 6.12. The van der Waals surface area contributed by atoms with E-state index in [1.165, 1.54) is 5.56 Å². The second-order valence-electron chi connectivity index (χ2n) is 7.69. The van der Waals surface area contributed by atoms with Crippen molar-refractivity contribution in [1.82, 2.24) is 15.5 Å². The van der Waals surface area contributed by atoms with Crippen molar-refractivity contribution < 1.29 is 9.59 Å². The fourth-order valence-corrected chi connectivity index (χ4v) is 3.87. The van der Waals surface area contributed by atoms with Gasteiger partial charge >= 0.3 is 0 Å². The van der Waals surface area contributed by atoms with E-state index in [-0.39, 0.29) is 23.9 Å². The molecule has 2 saturated heterocycles. The Morgan fingerprint density at radius 2 is 2.08 bits per heavy atom. The SMILES string of the molecule is Cc1cccc(C2CCC(C(=O)NC3CCN(C(C)C)C3)C(=O)N2)c1. The highest BCUT2D eigenvalue weighted by Crippen LogP contribution is 2.27. The first-order chi connectivity index (χ1) is 11.9. The van der Waals surface area contributed by atoms with Crippen LogP contribution in [-0.4, -0.2) is 41.9 Å². The van der Waals surface area contributed by atoms with Gasteiger partial charge in [0.2, 0.25) is 11.8 Å². The molecule has 3 atom stereocenters. The van der Waals surface area contributed by atoms with Gasteiger partial charge in [0.15, 0.2) is 0 Å². The Kier molecular flexibility index (Phi) is 5.42. The first kappa shape index (κ1) is 17.9. The van der Waals surface area contributed by atoms with Crippen LogP contribution in [0.1, 0.15) is 50.3 Å². The molecule has 0 spiro atoms. The highest BCUT2D eigenvalue weighted by molar-refractivity contribution is 6.01. The molecule has 0 bridgehead atoms. The van der Waals surface area contributed by atoms with Crippen molar-refractivity contribution in [2.45, 2.75) is 58.2 Å². The standard InChI is InChI=1S/C20H29N3O2/c1-13(2)23-10-9-16(12-23)21-19(24)17-7-8-18(22-20(17)25)15-6-4-5-14(3)11-15/h4-6,11,13,16-18H,7-10,12H2,1-3H3,(H,21,24)(H,22,25). The highest BCUT2D eigenvalue weighted by atomic mass is 16.2. The first-order valence-corrected chi connectivity index (χ1v) is 9.35. The molecule has 1 aromatic rings. The van der Waals surface area contributed by atoms with E-state index in [0.29, 0.717) is 12.5 Å². The molecule has 2 heterocycles. The zero-order valence-corrected chi connectivity index (χ0v) is 15.4. The summed E-state index contributed by atoms with van der Waals surface area (Å²) in [6, 6.07) is 8.87. The minimum atomic E-state index is -0.561. The molecule has 0 saturated carbocycles. The molecule has 3 rings (SSSR count). The molecule has 0 aliphatic carbocycles. The summed E-state index contributed by atoms with van der Waals surface area (Å²) in [4.78, 5) is 27.4. The number of likely N-dealkylation sites (tertiary alicyclic amines) is 1. The predicted molar refractivity (Wildman–Crippen MR) is 98.0 cm³/mol. The maximum absolute atomic E-state index is 12.5. The Bertz CT molecular complexity index is 644. The third-order valence-electron chi connectivity index (χ3n) is 5.43. The number of nitrogens with one attached hydrogen (secondary N) is 2. The average molecular weight is 343 g/mol. The first-order valence-electron chi connectivity index (χ1n) is 9.35. The quantitative estimate of drug-likeness (QED) is 0.824. The average Bonchev–Trinajstić information content (AvgIpc) is 3.03. The molecule has 25 heavy (non-hydrogen) atoms. The van der Waals surface area contributed by atoms with E-state index in [9.17, 15) is 9.59 Å². The second-order valence-corrected chi connectivity index (χ2v) is 7.69. The van der Waals surface area contributed by atoms with Crippen molar-refractivity contribution in [3.63, 3.8) is 0 Å². The summed E-state index contributed by atoms with van der Waals surface area (Å²) in [6.07, 6.45) is 2.37. The van der Waals surface area contributed by atoms with Gasteiger partial charge in [0, 0.05) is 25.2 Å². The summed E-state index contributed by atoms with van der Waals surface area (Å²) in [5.74, 6) is -0.820. The van der Waals surface area contributed by atoms with Crippen LogP contribution in [0.3, 0.4) is 0 Å². The molecule has 5 nitrogen and oxygen atoms in total. The van der Waals surface area contributed by atoms with E-state index in [4.69, 9.17) is 0 Å². The molecule has 2 N–H and O–H groups in total. The fourth-order valence-electron chi connectivity index (χ4n) is 3.87. The zero-order chi connectivity index (χ0) is 18.0. The Balaban J connectivity index is 1.55. The van der Waals surface area contributed by atoms with Gasteiger partial charge in [0.1, 0.15) is 5.92 Å². The van der Waals surface area contributed by atoms with E-state index >= 15 is 0 Å². The van der Waals surface area contributed by atoms with Gasteiger partial charge in [-0.2, -0.15) is 0 Å². The van der Waals surface area contributed by atoms with E-state index in [1.54, 1.807) is 0 Å². The number of piperidine rings is 1. The lowest BCUT2D eigenvalue weighted by atomic mass is 9.89. The number of carbonyl (C=O) groups excluding carboxylic acids is 2. The van der Waals surface area contributed by atoms with Gasteiger partial charge in [-0.3, -0.25) is 14.5 Å². The van der Waals surface area contributed by atoms with Crippen molar-refractivity contribution in [2.75, 3.05) is 13.1 Å². The number of benzene rings is 1. The van der Waals surface area contributed by atoms with Crippen LogP contribution in [0.25, 0.3) is 0 Å². The summed E-state index contributed by atoms with van der Waals surface area (Å²) in [7, 11) is 0. The van der Waals surface area contributed by atoms with Crippen LogP contribution < -0.4 is 10.6 Å². The van der Waals surface area contributed by atoms with Crippen LogP contribution in [0.4, 0.5) is 0 Å². The van der Waals surface area contributed by atoms with Crippen molar-refractivity contribution in [3.05, 3.63) is 35.4 Å². The van der Waals surface area contributed by atoms with Crippen LogP contribution in [0.2, 0.25) is 0 Å². The molecular weight excluding hydrogens is 314 g/mol. The van der Waals surface area contributed by atoms with E-state index in [0.717, 1.165) is 31.5 Å². The third kappa shape index (κ3) is 4.21. The number of hydrogen-bond acceptors (Lipinski definition) is 3. The Labute approximate surface area is 150 Å². The summed E-state index contributed by atoms with van der Waals surface area (Å²) >= 11 is 0. The van der Waals surface area contributed by atoms with Crippen molar-refractivity contribution >= 4 is 11.8 Å². The maximum Gasteiger partial charge on any atom is 0.233 e. The van der Waals surface area contributed by atoms with Crippen LogP contribution in [0.5, 0.6) is 0 Å². The number of nitrogens with zero attached hydrogens (tertiary/aromatic N) is 1. The summed E-state index contributed by atoms with van der Waals surface area (Å²) < 4.78 is 0. The summed E-state index contributed by atoms with van der Waals surface area (Å²) in [5.41, 5.74) is 2.30. The fraction of sp³-hybridized carbons (Fsp3) is 0.600. The maximum atomic E-state index is 12.5. The van der Waals surface area contributed by atoms with E-state index < -0.39 is 5.92 Å². The molecule has 0 aromatic heterocycles. The molecule has 3 unspecified atom stereocenters. The van der Waals surface area contributed by atoms with Gasteiger partial charge in [-0.1, -0.05) is 29.8 Å². The smallest absolute Gasteiger partial charge is 0.233 e. The van der Waals surface area contributed by atoms with Crippen molar-refractivity contribution in [1.29, 1.82) is 0 Å². The van der Waals surface area contributed by atoms with Crippen LogP contribution in [-0.2, 0) is 9.59 Å². The van der Waals surface area contributed by atoms with Crippen LogP contribution in [0, 0.1) is 12.8 Å². The topological polar surface area (TPSA) is 61.4 Å². The highest BCUT2D eigenvalue weighted by Gasteiger charge is 2.35. The number of carbonyl (C=O) groups is 2. The molecule has 2 fully saturated rings. The van der Waals surface area contributed by atoms with Crippen LogP contribution >= 0.6 is 0 Å². The van der Waals surface area contributed by atoms with E-state index in [2.05, 4.69) is 35.4 Å². The molecule has 1 aromatic carbocycles. The number of hydrogen-bond donors (Lipinski definition) is 2. The minimum absolute atomic E-state index is 0.0133. The van der Waals surface area contributed by atoms with Gasteiger partial charge in [-0.05, 0) is 45.6 Å². The Morgan fingerprint density at radius 1 is 1.28 bits per heavy atom. The Morgan fingerprint density at radius 3 is 2.72 bits per heavy atom. The van der Waals surface area contributed by atoms with Crippen molar-refractivity contribution in [2.24, 2.45) is 5.92 Å². The number of rotatable bonds is 4. The lowest BCUT2D eigenvalue weighted by Crippen LogP contribution is -2.49. The van der Waals surface area contributed by atoms with Gasteiger partial charge in [0.25, 0.3) is 0 Å². The van der Waals surface area contributed by atoms with Gasteiger partial charge in [-0.15, -0.1) is 0 Å². The second kappa shape index (κ2) is 7.56. The van der Waals surface area contributed by atoms with Crippen LogP contribution in [0.15, 0.2) is 24.3 Å². The zero-order valence-electron chi connectivity index (χ0n) is 15.4. The lowest BCUT2D eigenvalue weighted by Gasteiger charge is -2.30. The van der Waals surface area contributed by atoms with E-state index in [1.807, 2.05) is 25.1 Å². The molecule has 5 heteroatoms. The number of aryl methyl sites for hydroxylation is 1. The third-order valence-corrected chi connectivity index (χ3v) is 5.43. The molecular formula is C20H29N3O2. The monoisotopic (exact) mass is 343 g/mol. The summed E-state index contributed by atoms with van der Waals surface area (Å²) in [6.45, 7) is 8.28. The number of amides is 2. The molecule has 2 amide bonds. The minimum Gasteiger partial charge on any atom is -0.351 e. The van der Waals surface area contributed by atoms with Gasteiger partial charge < -0.3 is 10.6 Å². The largest absolute Gasteiger partial charge is 0.351 e. The molecule has 2 aliphatic heterocycles. The van der Waals surface area contributed by atoms with Crippen molar-refractivity contribution in [3.8, 4) is 0 Å². The molecule has 136 valence electrons. The normalized spacial score (nSPS) is 27.4. The lowest BCUT2D eigenvalue weighted by molar-refractivity contribution is -0.138. The molecule has 2 aliphatic rings. The Hall–Kier alpha value is -1.88. The van der Waals surface area contributed by atoms with Gasteiger partial charge in [0.05, 0.1) is 6.04 Å².